The van der Waals surface area contributed by atoms with Gasteiger partial charge in [0.05, 0.1) is 13.2 Å². The van der Waals surface area contributed by atoms with Gasteiger partial charge in [-0.3, -0.25) is 4.99 Å². The minimum atomic E-state index is 0. The molecule has 1 saturated heterocycles. The van der Waals surface area contributed by atoms with Crippen molar-refractivity contribution in [2.75, 3.05) is 71.1 Å². The Labute approximate surface area is 185 Å². The van der Waals surface area contributed by atoms with Crippen molar-refractivity contribution in [3.63, 3.8) is 0 Å². The van der Waals surface area contributed by atoms with E-state index >= 15 is 0 Å². The summed E-state index contributed by atoms with van der Waals surface area (Å²) in [6.45, 7) is 9.57. The number of aliphatic imine (C=N–C) groups is 1. The van der Waals surface area contributed by atoms with Gasteiger partial charge in [-0.05, 0) is 31.5 Å². The molecule has 0 aliphatic carbocycles. The average molecular weight is 511 g/mol. The number of piperazine rings is 1. The van der Waals surface area contributed by atoms with E-state index in [1.54, 1.807) is 7.11 Å². The van der Waals surface area contributed by atoms with E-state index in [4.69, 9.17) is 26.1 Å². The number of hydrogen-bond acceptors (Lipinski definition) is 4. The summed E-state index contributed by atoms with van der Waals surface area (Å²) in [6.07, 6.45) is 0.918. The Kier molecular flexibility index (Phi) is 12.8. The lowest BCUT2D eigenvalue weighted by molar-refractivity contribution is 0.0702. The number of guanidine groups is 1. The van der Waals surface area contributed by atoms with Gasteiger partial charge in [0.1, 0.15) is 0 Å². The topological polar surface area (TPSA) is 49.3 Å². The van der Waals surface area contributed by atoms with E-state index in [0.29, 0.717) is 13.2 Å². The van der Waals surface area contributed by atoms with E-state index in [1.165, 1.54) is 5.69 Å². The smallest absolute Gasteiger partial charge is 0.194 e. The molecule has 8 heteroatoms. The van der Waals surface area contributed by atoms with Gasteiger partial charge in [0.25, 0.3) is 0 Å². The molecule has 1 aliphatic heterocycles. The predicted molar refractivity (Wildman–Crippen MR) is 124 cm³/mol. The highest BCUT2D eigenvalue weighted by atomic mass is 127. The molecule has 0 radical (unpaired) electrons. The van der Waals surface area contributed by atoms with E-state index in [1.807, 2.05) is 18.2 Å². The lowest BCUT2D eigenvalue weighted by Crippen LogP contribution is -2.52. The lowest BCUT2D eigenvalue weighted by atomic mass is 10.2. The summed E-state index contributed by atoms with van der Waals surface area (Å²) in [5, 5.41) is 4.19. The highest BCUT2D eigenvalue weighted by molar-refractivity contribution is 14.0. The third-order valence-electron chi connectivity index (χ3n) is 4.23. The van der Waals surface area contributed by atoms with Crippen LogP contribution in [0.2, 0.25) is 5.02 Å². The lowest BCUT2D eigenvalue weighted by Gasteiger charge is -2.37. The zero-order valence-corrected chi connectivity index (χ0v) is 19.4. The zero-order valence-electron chi connectivity index (χ0n) is 16.3. The molecule has 1 aliphatic rings. The van der Waals surface area contributed by atoms with Crippen molar-refractivity contribution in [1.82, 2.24) is 10.2 Å². The van der Waals surface area contributed by atoms with Crippen LogP contribution in [0.1, 0.15) is 13.3 Å². The Hall–Kier alpha value is -0.770. The third-order valence-corrected chi connectivity index (χ3v) is 4.46. The molecule has 1 fully saturated rings. The third kappa shape index (κ3) is 8.85. The number of benzene rings is 1. The first-order valence-electron chi connectivity index (χ1n) is 9.35. The Morgan fingerprint density at radius 3 is 2.63 bits per heavy atom. The maximum Gasteiger partial charge on any atom is 0.194 e. The Balaban J connectivity index is 0.00000364. The number of halogens is 2. The molecule has 0 atom stereocenters. The second kappa shape index (κ2) is 14.3. The molecule has 27 heavy (non-hydrogen) atoms. The van der Waals surface area contributed by atoms with Crippen molar-refractivity contribution in [1.29, 1.82) is 0 Å². The van der Waals surface area contributed by atoms with E-state index in [0.717, 1.165) is 63.3 Å². The van der Waals surface area contributed by atoms with Gasteiger partial charge in [-0.25, -0.2) is 0 Å². The Bertz CT molecular complexity index is 554. The van der Waals surface area contributed by atoms with Crippen molar-refractivity contribution in [2.24, 2.45) is 4.99 Å². The fourth-order valence-electron chi connectivity index (χ4n) is 2.87. The minimum Gasteiger partial charge on any atom is -0.382 e. The van der Waals surface area contributed by atoms with E-state index in [2.05, 4.69) is 28.1 Å². The first-order valence-corrected chi connectivity index (χ1v) is 9.73. The Morgan fingerprint density at radius 1 is 1.19 bits per heavy atom. The zero-order chi connectivity index (χ0) is 18.6. The molecule has 2 rings (SSSR count). The van der Waals surface area contributed by atoms with Crippen LogP contribution in [0, 0.1) is 0 Å². The van der Waals surface area contributed by atoms with E-state index < -0.39 is 0 Å². The molecule has 0 saturated carbocycles. The molecule has 0 aromatic heterocycles. The maximum absolute atomic E-state index is 6.11. The average Bonchev–Trinajstić information content (AvgIpc) is 2.66. The van der Waals surface area contributed by atoms with Crippen LogP contribution in [0.4, 0.5) is 5.69 Å². The summed E-state index contributed by atoms with van der Waals surface area (Å²) in [7, 11) is 1.68. The van der Waals surface area contributed by atoms with Crippen molar-refractivity contribution in [3.05, 3.63) is 29.3 Å². The number of ether oxygens (including phenoxy) is 2. The second-order valence-electron chi connectivity index (χ2n) is 6.15. The fraction of sp³-hybridized carbons (Fsp3) is 0.632. The Morgan fingerprint density at radius 2 is 1.96 bits per heavy atom. The number of hydrogen-bond donors (Lipinski definition) is 1. The maximum atomic E-state index is 6.11. The van der Waals surface area contributed by atoms with Crippen LogP contribution >= 0.6 is 35.6 Å². The standard InChI is InChI=1S/C19H31ClN4O2.HI/c1-3-21-19(22-8-5-13-26-15-14-25-2)24-11-9-23(10-12-24)18-7-4-6-17(20)16-18;/h4,6-7,16H,3,5,8-15H2,1-2H3,(H,21,22);1H. The molecule has 0 spiro atoms. The predicted octanol–water partition coefficient (Wildman–Crippen LogP) is 3.10. The highest BCUT2D eigenvalue weighted by Gasteiger charge is 2.19. The van der Waals surface area contributed by atoms with Crippen LogP contribution in [0.5, 0.6) is 0 Å². The quantitative estimate of drug-likeness (QED) is 0.239. The SMILES string of the molecule is CCNC(=NCCCOCCOC)N1CCN(c2cccc(Cl)c2)CC1.I. The summed E-state index contributed by atoms with van der Waals surface area (Å²) in [5.41, 5.74) is 1.19. The van der Waals surface area contributed by atoms with Gasteiger partial charge in [-0.1, -0.05) is 17.7 Å². The van der Waals surface area contributed by atoms with Crippen LogP contribution in [0.25, 0.3) is 0 Å². The van der Waals surface area contributed by atoms with Crippen molar-refractivity contribution >= 4 is 47.2 Å². The van der Waals surface area contributed by atoms with Crippen molar-refractivity contribution in [3.8, 4) is 0 Å². The number of rotatable bonds is 9. The number of nitrogens with one attached hydrogen (secondary N) is 1. The largest absolute Gasteiger partial charge is 0.382 e. The van der Waals surface area contributed by atoms with Gasteiger partial charge in [0, 0.05) is 63.7 Å². The van der Waals surface area contributed by atoms with E-state index in [-0.39, 0.29) is 24.0 Å². The van der Waals surface area contributed by atoms with Gasteiger partial charge in [0.2, 0.25) is 0 Å². The van der Waals surface area contributed by atoms with Crippen LogP contribution in [0.15, 0.2) is 29.3 Å². The van der Waals surface area contributed by atoms with Gasteiger partial charge >= 0.3 is 0 Å². The van der Waals surface area contributed by atoms with Crippen LogP contribution in [-0.4, -0.2) is 77.1 Å². The van der Waals surface area contributed by atoms with Crippen molar-refractivity contribution in [2.45, 2.75) is 13.3 Å². The summed E-state index contributed by atoms with van der Waals surface area (Å²) in [5.74, 6) is 0.995. The minimum absolute atomic E-state index is 0. The summed E-state index contributed by atoms with van der Waals surface area (Å²) in [6, 6.07) is 8.06. The number of methoxy groups -OCH3 is 1. The van der Waals surface area contributed by atoms with E-state index in [9.17, 15) is 0 Å². The van der Waals surface area contributed by atoms with Gasteiger partial charge in [-0.2, -0.15) is 0 Å². The van der Waals surface area contributed by atoms with Crippen molar-refractivity contribution < 1.29 is 9.47 Å². The normalized spacial score (nSPS) is 14.9. The molecular weight excluding hydrogens is 479 g/mol. The molecule has 0 amide bonds. The first-order chi connectivity index (χ1) is 12.7. The molecule has 0 bridgehead atoms. The van der Waals surface area contributed by atoms with Crippen LogP contribution < -0.4 is 10.2 Å². The molecule has 1 aromatic carbocycles. The molecule has 1 N–H and O–H groups in total. The molecule has 154 valence electrons. The second-order valence-corrected chi connectivity index (χ2v) is 6.58. The molecule has 1 aromatic rings. The van der Waals surface area contributed by atoms with Gasteiger partial charge in [0.15, 0.2) is 5.96 Å². The first kappa shape index (κ1) is 24.3. The number of anilines is 1. The number of nitrogens with zero attached hydrogens (tertiary/aromatic N) is 3. The molecular formula is C19H32ClIN4O2. The van der Waals surface area contributed by atoms with Gasteiger partial charge < -0.3 is 24.6 Å². The van der Waals surface area contributed by atoms with Gasteiger partial charge in [-0.15, -0.1) is 24.0 Å². The van der Waals surface area contributed by atoms with Crippen LogP contribution in [-0.2, 0) is 9.47 Å². The molecule has 0 unspecified atom stereocenters. The summed E-state index contributed by atoms with van der Waals surface area (Å²) >= 11 is 6.11. The highest BCUT2D eigenvalue weighted by Crippen LogP contribution is 2.20. The van der Waals surface area contributed by atoms with Crippen LogP contribution in [0.3, 0.4) is 0 Å². The molecule has 6 nitrogen and oxygen atoms in total. The fourth-order valence-corrected chi connectivity index (χ4v) is 3.06. The molecule has 1 heterocycles. The monoisotopic (exact) mass is 510 g/mol. The summed E-state index contributed by atoms with van der Waals surface area (Å²) < 4.78 is 10.5. The summed E-state index contributed by atoms with van der Waals surface area (Å²) in [4.78, 5) is 9.45.